The maximum Gasteiger partial charge on any atom is 0.410 e. The van der Waals surface area contributed by atoms with Gasteiger partial charge in [0.15, 0.2) is 0 Å². The minimum atomic E-state index is -0.278. The molecule has 0 N–H and O–H groups in total. The summed E-state index contributed by atoms with van der Waals surface area (Å²) in [6.45, 7) is 3.42. The average Bonchev–Trinajstić information content (AvgIpc) is 2.96. The maximum absolute atomic E-state index is 12.0. The first-order valence-electron chi connectivity index (χ1n) is 8.60. The van der Waals surface area contributed by atoms with Crippen LogP contribution in [0.2, 0.25) is 0 Å². The fraction of sp³-hybridized carbons (Fsp3) is 0.350. The van der Waals surface area contributed by atoms with Crippen LogP contribution < -0.4 is 4.74 Å². The average molecular weight is 338 g/mol. The SMILES string of the molecule is CN1Cc2ccc(OC3CN(C(=O)OCc4ccccc4)C3)cc2C1. The number of rotatable bonds is 4. The molecule has 2 aliphatic heterocycles. The Bertz CT molecular complexity index is 757. The van der Waals surface area contributed by atoms with E-state index in [-0.39, 0.29) is 12.2 Å². The predicted molar refractivity (Wildman–Crippen MR) is 94.2 cm³/mol. The second kappa shape index (κ2) is 6.76. The van der Waals surface area contributed by atoms with Crippen molar-refractivity contribution in [1.82, 2.24) is 9.80 Å². The number of hydrogen-bond acceptors (Lipinski definition) is 4. The molecule has 0 radical (unpaired) electrons. The molecule has 2 heterocycles. The van der Waals surface area contributed by atoms with Crippen LogP contribution in [0.1, 0.15) is 16.7 Å². The normalized spacial score (nSPS) is 17.1. The van der Waals surface area contributed by atoms with Gasteiger partial charge >= 0.3 is 6.09 Å². The molecule has 0 bridgehead atoms. The summed E-state index contributed by atoms with van der Waals surface area (Å²) in [6, 6.07) is 16.0. The lowest BCUT2D eigenvalue weighted by atomic mass is 10.1. The third-order valence-corrected chi connectivity index (χ3v) is 4.67. The first kappa shape index (κ1) is 16.0. The number of nitrogens with zero attached hydrogens (tertiary/aromatic N) is 2. The fourth-order valence-corrected chi connectivity index (χ4v) is 3.28. The summed E-state index contributed by atoms with van der Waals surface area (Å²) in [7, 11) is 2.12. The summed E-state index contributed by atoms with van der Waals surface area (Å²) in [5.41, 5.74) is 3.69. The van der Waals surface area contributed by atoms with Crippen molar-refractivity contribution >= 4 is 6.09 Å². The summed E-state index contributed by atoms with van der Waals surface area (Å²) < 4.78 is 11.3. The number of amides is 1. The van der Waals surface area contributed by atoms with Crippen LogP contribution in [0.25, 0.3) is 0 Å². The smallest absolute Gasteiger partial charge is 0.410 e. The molecule has 5 nitrogen and oxygen atoms in total. The van der Waals surface area contributed by atoms with Gasteiger partial charge in [0.05, 0.1) is 13.1 Å². The van der Waals surface area contributed by atoms with Gasteiger partial charge in [-0.3, -0.25) is 4.90 Å². The van der Waals surface area contributed by atoms with E-state index in [0.29, 0.717) is 19.7 Å². The lowest BCUT2D eigenvalue weighted by Crippen LogP contribution is -2.56. The molecule has 2 aromatic rings. The van der Waals surface area contributed by atoms with E-state index in [1.54, 1.807) is 4.90 Å². The lowest BCUT2D eigenvalue weighted by molar-refractivity contribution is 0.00866. The van der Waals surface area contributed by atoms with Gasteiger partial charge in [-0.25, -0.2) is 4.79 Å². The molecule has 25 heavy (non-hydrogen) atoms. The van der Waals surface area contributed by atoms with Gasteiger partial charge < -0.3 is 14.4 Å². The Balaban J connectivity index is 1.24. The van der Waals surface area contributed by atoms with Gasteiger partial charge in [-0.15, -0.1) is 0 Å². The zero-order valence-corrected chi connectivity index (χ0v) is 14.4. The van der Waals surface area contributed by atoms with Crippen LogP contribution >= 0.6 is 0 Å². The number of carbonyl (C=O) groups is 1. The molecule has 1 amide bonds. The van der Waals surface area contributed by atoms with Crippen LogP contribution in [0.4, 0.5) is 4.79 Å². The van der Waals surface area contributed by atoms with Crippen LogP contribution in [0.3, 0.4) is 0 Å². The Morgan fingerprint density at radius 1 is 1.08 bits per heavy atom. The monoisotopic (exact) mass is 338 g/mol. The first-order valence-corrected chi connectivity index (χ1v) is 8.60. The van der Waals surface area contributed by atoms with E-state index in [2.05, 4.69) is 24.1 Å². The van der Waals surface area contributed by atoms with E-state index in [9.17, 15) is 4.79 Å². The molecule has 0 aliphatic carbocycles. The van der Waals surface area contributed by atoms with Crippen LogP contribution in [0, 0.1) is 0 Å². The van der Waals surface area contributed by atoms with Gasteiger partial charge in [0.1, 0.15) is 18.5 Å². The van der Waals surface area contributed by atoms with Gasteiger partial charge in [-0.2, -0.15) is 0 Å². The first-order chi connectivity index (χ1) is 12.2. The predicted octanol–water partition coefficient (Wildman–Crippen LogP) is 3.03. The highest BCUT2D eigenvalue weighted by atomic mass is 16.6. The highest BCUT2D eigenvalue weighted by molar-refractivity contribution is 5.68. The van der Waals surface area contributed by atoms with Crippen molar-refractivity contribution in [3.8, 4) is 5.75 Å². The van der Waals surface area contributed by atoms with E-state index >= 15 is 0 Å². The standard InChI is InChI=1S/C20H22N2O3/c1-21-10-16-7-8-18(9-17(16)11-21)25-19-12-22(13-19)20(23)24-14-15-5-3-2-4-6-15/h2-9,19H,10-14H2,1H3. The number of hydrogen-bond donors (Lipinski definition) is 0. The van der Waals surface area contributed by atoms with Gasteiger partial charge in [-0.05, 0) is 35.9 Å². The zero-order valence-electron chi connectivity index (χ0n) is 14.4. The third kappa shape index (κ3) is 3.61. The van der Waals surface area contributed by atoms with E-state index in [1.165, 1.54) is 11.1 Å². The van der Waals surface area contributed by atoms with Crippen LogP contribution in [-0.4, -0.2) is 42.1 Å². The fourth-order valence-electron chi connectivity index (χ4n) is 3.28. The van der Waals surface area contributed by atoms with E-state index < -0.39 is 0 Å². The van der Waals surface area contributed by atoms with Gasteiger partial charge in [0, 0.05) is 13.1 Å². The van der Waals surface area contributed by atoms with Crippen molar-refractivity contribution in [2.75, 3.05) is 20.1 Å². The molecule has 0 aromatic heterocycles. The Labute approximate surface area is 147 Å². The summed E-state index contributed by atoms with van der Waals surface area (Å²) in [6.07, 6.45) is -0.235. The van der Waals surface area contributed by atoms with E-state index in [1.807, 2.05) is 36.4 Å². The molecule has 2 aromatic carbocycles. The second-order valence-electron chi connectivity index (χ2n) is 6.79. The summed E-state index contributed by atoms with van der Waals surface area (Å²) in [4.78, 5) is 16.0. The van der Waals surface area contributed by atoms with Crippen molar-refractivity contribution in [3.05, 3.63) is 65.2 Å². The van der Waals surface area contributed by atoms with Crippen LogP contribution in [-0.2, 0) is 24.4 Å². The second-order valence-corrected chi connectivity index (χ2v) is 6.79. The quantitative estimate of drug-likeness (QED) is 0.859. The number of benzene rings is 2. The Kier molecular flexibility index (Phi) is 4.32. The van der Waals surface area contributed by atoms with Crippen molar-refractivity contribution in [3.63, 3.8) is 0 Å². The Hall–Kier alpha value is -2.53. The molecule has 0 atom stereocenters. The highest BCUT2D eigenvalue weighted by Crippen LogP contribution is 2.27. The van der Waals surface area contributed by atoms with Gasteiger partial charge in [0.25, 0.3) is 0 Å². The number of carbonyl (C=O) groups excluding carboxylic acids is 1. The van der Waals surface area contributed by atoms with E-state index in [4.69, 9.17) is 9.47 Å². The minimum Gasteiger partial charge on any atom is -0.487 e. The van der Waals surface area contributed by atoms with Gasteiger partial charge in [-0.1, -0.05) is 36.4 Å². The zero-order chi connectivity index (χ0) is 17.2. The van der Waals surface area contributed by atoms with E-state index in [0.717, 1.165) is 24.4 Å². The molecule has 130 valence electrons. The Morgan fingerprint density at radius 3 is 2.64 bits per heavy atom. The van der Waals surface area contributed by atoms with Crippen LogP contribution in [0.15, 0.2) is 48.5 Å². The molecular weight excluding hydrogens is 316 g/mol. The number of likely N-dealkylation sites (tertiary alicyclic amines) is 1. The lowest BCUT2D eigenvalue weighted by Gasteiger charge is -2.38. The largest absolute Gasteiger partial charge is 0.487 e. The minimum absolute atomic E-state index is 0.0430. The summed E-state index contributed by atoms with van der Waals surface area (Å²) >= 11 is 0. The molecule has 0 unspecified atom stereocenters. The van der Waals surface area contributed by atoms with Crippen molar-refractivity contribution < 1.29 is 14.3 Å². The number of ether oxygens (including phenoxy) is 2. The molecule has 1 fully saturated rings. The molecule has 2 aliphatic rings. The topological polar surface area (TPSA) is 42.0 Å². The Morgan fingerprint density at radius 2 is 1.84 bits per heavy atom. The van der Waals surface area contributed by atoms with Crippen molar-refractivity contribution in [2.45, 2.75) is 25.8 Å². The maximum atomic E-state index is 12.0. The molecule has 1 saturated heterocycles. The molecular formula is C20H22N2O3. The molecule has 0 saturated carbocycles. The van der Waals surface area contributed by atoms with Gasteiger partial charge in [0.2, 0.25) is 0 Å². The molecule has 4 rings (SSSR count). The molecule has 5 heteroatoms. The number of fused-ring (bicyclic) bond motifs is 1. The van der Waals surface area contributed by atoms with Crippen molar-refractivity contribution in [2.24, 2.45) is 0 Å². The van der Waals surface area contributed by atoms with Crippen LogP contribution in [0.5, 0.6) is 5.75 Å². The third-order valence-electron chi connectivity index (χ3n) is 4.67. The molecule has 0 spiro atoms. The summed E-state index contributed by atoms with van der Waals surface area (Å²) in [5.74, 6) is 0.886. The highest BCUT2D eigenvalue weighted by Gasteiger charge is 2.33. The van der Waals surface area contributed by atoms with Crippen molar-refractivity contribution in [1.29, 1.82) is 0 Å². The summed E-state index contributed by atoms with van der Waals surface area (Å²) in [5, 5.41) is 0.